The first-order valence-electron chi connectivity index (χ1n) is 12.1. The minimum Gasteiger partial charge on any atom is -0.302 e. The zero-order valence-electron chi connectivity index (χ0n) is 17.0. The largest absolute Gasteiger partial charge is 0.302 e. The van der Waals surface area contributed by atoms with E-state index < -0.39 is 0 Å². The van der Waals surface area contributed by atoms with E-state index in [1.807, 2.05) is 0 Å². The Labute approximate surface area is 167 Å². The Kier molecular flexibility index (Phi) is 5.38. The van der Waals surface area contributed by atoms with Crippen molar-refractivity contribution in [2.45, 2.75) is 82.8 Å². The summed E-state index contributed by atoms with van der Waals surface area (Å²) < 4.78 is 0. The van der Waals surface area contributed by atoms with Gasteiger partial charge in [0.15, 0.2) is 0 Å². The molecule has 0 aromatic heterocycles. The van der Waals surface area contributed by atoms with Crippen LogP contribution < -0.4 is 0 Å². The van der Waals surface area contributed by atoms with E-state index in [0.29, 0.717) is 5.25 Å². The fourth-order valence-corrected chi connectivity index (χ4v) is 8.88. The molecule has 0 N–H and O–H groups in total. The third kappa shape index (κ3) is 3.63. The first-order chi connectivity index (χ1) is 12.7. The summed E-state index contributed by atoms with van der Waals surface area (Å²) in [6, 6.07) is 0. The number of fused-ring (bicyclic) bond motifs is 4. The molecule has 0 aromatic rings. The van der Waals surface area contributed by atoms with Crippen molar-refractivity contribution >= 4 is 12.6 Å². The molecule has 6 atom stereocenters. The van der Waals surface area contributed by atoms with Crippen molar-refractivity contribution in [2.75, 3.05) is 19.6 Å². The molecule has 1 saturated heterocycles. The maximum absolute atomic E-state index is 4.86. The van der Waals surface area contributed by atoms with Crippen molar-refractivity contribution in [3.8, 4) is 0 Å². The van der Waals surface area contributed by atoms with Gasteiger partial charge < -0.3 is 4.90 Å². The lowest BCUT2D eigenvalue weighted by Crippen LogP contribution is -2.39. The fourth-order valence-electron chi connectivity index (χ4n) is 8.29. The molecule has 2 heteroatoms. The monoisotopic (exact) mass is 375 g/mol. The van der Waals surface area contributed by atoms with Crippen molar-refractivity contribution in [1.29, 1.82) is 0 Å². The molecule has 4 saturated carbocycles. The third-order valence-electron chi connectivity index (χ3n) is 9.36. The van der Waals surface area contributed by atoms with E-state index >= 15 is 0 Å². The van der Waals surface area contributed by atoms with Gasteiger partial charge in [-0.1, -0.05) is 32.6 Å². The maximum Gasteiger partial charge on any atom is 0.0147 e. The minimum absolute atomic E-state index is 0.612. The quantitative estimate of drug-likeness (QED) is 0.599. The van der Waals surface area contributed by atoms with Crippen molar-refractivity contribution in [2.24, 2.45) is 47.3 Å². The summed E-state index contributed by atoms with van der Waals surface area (Å²) in [5.41, 5.74) is 0. The lowest BCUT2D eigenvalue weighted by Gasteiger charge is -2.45. The highest BCUT2D eigenvalue weighted by Crippen LogP contribution is 2.65. The maximum atomic E-state index is 4.86. The molecule has 0 radical (unpaired) electrons. The smallest absolute Gasteiger partial charge is 0.0147 e. The topological polar surface area (TPSA) is 3.24 Å². The molecule has 4 aliphatic carbocycles. The van der Waals surface area contributed by atoms with Crippen LogP contribution in [-0.4, -0.2) is 29.8 Å². The van der Waals surface area contributed by atoms with Crippen LogP contribution in [0.3, 0.4) is 0 Å². The Bertz CT molecular complexity index is 467. The molecule has 5 aliphatic rings. The van der Waals surface area contributed by atoms with Crippen molar-refractivity contribution in [3.63, 3.8) is 0 Å². The Balaban J connectivity index is 1.11. The van der Waals surface area contributed by atoms with Crippen LogP contribution in [0, 0.1) is 47.3 Å². The molecule has 6 unspecified atom stereocenters. The first-order valence-corrected chi connectivity index (χ1v) is 12.6. The average Bonchev–Trinajstić information content (AvgIpc) is 3.28. The number of hydrogen-bond donors (Lipinski definition) is 1. The summed E-state index contributed by atoms with van der Waals surface area (Å²) in [5.74, 6) is 8.69. The summed E-state index contributed by atoms with van der Waals surface area (Å²) in [6.45, 7) is 6.39. The molecule has 0 aromatic carbocycles. The van der Waals surface area contributed by atoms with Crippen molar-refractivity contribution < 1.29 is 0 Å². The molecule has 26 heavy (non-hydrogen) atoms. The highest BCUT2D eigenvalue weighted by atomic mass is 32.1. The number of thiol groups is 1. The predicted octanol–water partition coefficient (Wildman–Crippen LogP) is 5.90. The number of rotatable bonds is 4. The predicted molar refractivity (Wildman–Crippen MR) is 114 cm³/mol. The molecule has 1 aliphatic heterocycles. The second kappa shape index (κ2) is 7.62. The number of nitrogens with zero attached hydrogens (tertiary/aromatic N) is 1. The molecule has 5 rings (SSSR count). The molecular weight excluding hydrogens is 334 g/mol. The molecular formula is C24H41NS. The number of likely N-dealkylation sites (tertiary alicyclic amines) is 1. The van der Waals surface area contributed by atoms with E-state index in [-0.39, 0.29) is 0 Å². The second-order valence-corrected chi connectivity index (χ2v) is 12.0. The molecule has 5 fully saturated rings. The zero-order chi connectivity index (χ0) is 17.7. The van der Waals surface area contributed by atoms with Crippen LogP contribution in [0.5, 0.6) is 0 Å². The Morgan fingerprint density at radius 3 is 2.04 bits per heavy atom. The third-order valence-corrected chi connectivity index (χ3v) is 9.74. The minimum atomic E-state index is 0.612. The van der Waals surface area contributed by atoms with Crippen molar-refractivity contribution in [3.05, 3.63) is 0 Å². The van der Waals surface area contributed by atoms with Gasteiger partial charge in [0.1, 0.15) is 0 Å². The summed E-state index contributed by atoms with van der Waals surface area (Å²) in [6.07, 6.45) is 16.9. The van der Waals surface area contributed by atoms with Gasteiger partial charge >= 0.3 is 0 Å². The Hall–Kier alpha value is 0.310. The van der Waals surface area contributed by atoms with Crippen molar-refractivity contribution in [1.82, 2.24) is 4.90 Å². The van der Waals surface area contributed by atoms with Crippen LogP contribution in [0.2, 0.25) is 0 Å². The molecule has 1 heterocycles. The fraction of sp³-hybridized carbons (Fsp3) is 1.00. The standard InChI is InChI=1S/C24H41NS/c1-16-6-7-25(15-20(26)8-16)14-19-12-23-21-10-18(9-17-4-2-3-5-17)11-22(21)24(23)13-19/h16-24,26H,2-15H2,1H3. The molecule has 1 nitrogen and oxygen atoms in total. The average molecular weight is 376 g/mol. The van der Waals surface area contributed by atoms with Crippen LogP contribution in [0.15, 0.2) is 0 Å². The van der Waals surface area contributed by atoms with Gasteiger partial charge in [-0.15, -0.1) is 0 Å². The molecule has 0 bridgehead atoms. The molecule has 0 amide bonds. The zero-order valence-corrected chi connectivity index (χ0v) is 17.9. The summed E-state index contributed by atoms with van der Waals surface area (Å²) >= 11 is 4.86. The SMILES string of the molecule is CC1CCN(CC2CC3C4CC(CC5CCCC5)CC4C3C2)CC(S)C1. The lowest BCUT2D eigenvalue weighted by atomic mass is 9.60. The van der Waals surface area contributed by atoms with E-state index in [1.54, 1.807) is 44.9 Å². The van der Waals surface area contributed by atoms with Crippen LogP contribution in [0.25, 0.3) is 0 Å². The van der Waals surface area contributed by atoms with E-state index in [0.717, 1.165) is 47.3 Å². The summed E-state index contributed by atoms with van der Waals surface area (Å²) in [5, 5.41) is 0.612. The highest BCUT2D eigenvalue weighted by Gasteiger charge is 2.58. The van der Waals surface area contributed by atoms with Crippen LogP contribution >= 0.6 is 12.6 Å². The molecule has 148 valence electrons. The van der Waals surface area contributed by atoms with Gasteiger partial charge in [0.2, 0.25) is 0 Å². The van der Waals surface area contributed by atoms with Crippen LogP contribution in [0.1, 0.15) is 77.6 Å². The van der Waals surface area contributed by atoms with Crippen LogP contribution in [-0.2, 0) is 0 Å². The van der Waals surface area contributed by atoms with Gasteiger partial charge in [-0.3, -0.25) is 0 Å². The summed E-state index contributed by atoms with van der Waals surface area (Å²) in [7, 11) is 0. The Morgan fingerprint density at radius 2 is 1.38 bits per heavy atom. The Morgan fingerprint density at radius 1 is 0.769 bits per heavy atom. The van der Waals surface area contributed by atoms with E-state index in [9.17, 15) is 0 Å². The van der Waals surface area contributed by atoms with Gasteiger partial charge in [0, 0.05) is 18.3 Å². The van der Waals surface area contributed by atoms with E-state index in [4.69, 9.17) is 12.6 Å². The van der Waals surface area contributed by atoms with E-state index in [2.05, 4.69) is 11.8 Å². The van der Waals surface area contributed by atoms with Crippen LogP contribution in [0.4, 0.5) is 0 Å². The first kappa shape index (κ1) is 18.3. The molecule has 0 spiro atoms. The van der Waals surface area contributed by atoms with Gasteiger partial charge in [-0.25, -0.2) is 0 Å². The summed E-state index contributed by atoms with van der Waals surface area (Å²) in [4.78, 5) is 2.79. The van der Waals surface area contributed by atoms with Gasteiger partial charge in [0.05, 0.1) is 0 Å². The number of hydrogen-bond acceptors (Lipinski definition) is 2. The van der Waals surface area contributed by atoms with Gasteiger partial charge in [-0.05, 0) is 98.8 Å². The normalized spacial score (nSPS) is 49.6. The lowest BCUT2D eigenvalue weighted by molar-refractivity contribution is 0.0302. The van der Waals surface area contributed by atoms with Gasteiger partial charge in [0.25, 0.3) is 0 Å². The highest BCUT2D eigenvalue weighted by molar-refractivity contribution is 7.81. The van der Waals surface area contributed by atoms with E-state index in [1.165, 1.54) is 45.3 Å². The van der Waals surface area contributed by atoms with Gasteiger partial charge in [-0.2, -0.15) is 12.6 Å². The second-order valence-electron chi connectivity index (χ2n) is 11.3.